The first-order valence-corrected chi connectivity index (χ1v) is 7.48. The Morgan fingerprint density at radius 3 is 2.65 bits per heavy atom. The highest BCUT2D eigenvalue weighted by Gasteiger charge is 2.52. The molecule has 3 unspecified atom stereocenters. The normalized spacial score (nSPS) is 39.5. The molecule has 0 heterocycles. The lowest BCUT2D eigenvalue weighted by molar-refractivity contribution is -0.130. The van der Waals surface area contributed by atoms with Crippen LogP contribution in [0.2, 0.25) is 0 Å². The Bertz CT molecular complexity index is 294. The van der Waals surface area contributed by atoms with Gasteiger partial charge in [-0.1, -0.05) is 27.7 Å². The maximum atomic E-state index is 12.1. The summed E-state index contributed by atoms with van der Waals surface area (Å²) in [6, 6.07) is 0. The molecule has 2 fully saturated rings. The summed E-state index contributed by atoms with van der Waals surface area (Å²) < 4.78 is 0. The fourth-order valence-electron chi connectivity index (χ4n) is 4.81. The summed E-state index contributed by atoms with van der Waals surface area (Å²) >= 11 is 0. The Labute approximate surface area is 106 Å². The first-order valence-electron chi connectivity index (χ1n) is 7.48. The number of rotatable bonds is 3. The van der Waals surface area contributed by atoms with Crippen molar-refractivity contribution in [1.82, 2.24) is 0 Å². The van der Waals surface area contributed by atoms with E-state index in [9.17, 15) is 4.79 Å². The van der Waals surface area contributed by atoms with E-state index >= 15 is 0 Å². The minimum atomic E-state index is 0.337. The third-order valence-corrected chi connectivity index (χ3v) is 5.47. The van der Waals surface area contributed by atoms with Gasteiger partial charge in [-0.15, -0.1) is 0 Å². The minimum absolute atomic E-state index is 0.337. The van der Waals surface area contributed by atoms with Crippen LogP contribution in [0.25, 0.3) is 0 Å². The van der Waals surface area contributed by atoms with Gasteiger partial charge in [0.15, 0.2) is 0 Å². The Kier molecular flexibility index (Phi) is 3.66. The minimum Gasteiger partial charge on any atom is -0.299 e. The number of ketones is 1. The van der Waals surface area contributed by atoms with Crippen molar-refractivity contribution in [2.45, 2.75) is 66.2 Å². The molecule has 1 heteroatoms. The van der Waals surface area contributed by atoms with Gasteiger partial charge in [-0.2, -0.15) is 0 Å². The molecule has 0 aliphatic heterocycles. The molecule has 0 saturated heterocycles. The largest absolute Gasteiger partial charge is 0.299 e. The Morgan fingerprint density at radius 2 is 2.00 bits per heavy atom. The van der Waals surface area contributed by atoms with Gasteiger partial charge in [0.25, 0.3) is 0 Å². The molecule has 17 heavy (non-hydrogen) atoms. The summed E-state index contributed by atoms with van der Waals surface area (Å²) in [5, 5.41) is 0. The standard InChI is InChI=1S/C16H28O/c1-11(2)10-12(3)13-7-8-14-15(17)6-5-9-16(13,14)4/h11-14H,5-10H2,1-4H3/t12?,13?,14?,16-/m1/s1. The van der Waals surface area contributed by atoms with Crippen molar-refractivity contribution in [3.8, 4) is 0 Å². The number of fused-ring (bicyclic) bond motifs is 1. The van der Waals surface area contributed by atoms with E-state index in [0.29, 0.717) is 17.1 Å². The molecule has 2 aliphatic rings. The highest BCUT2D eigenvalue weighted by molar-refractivity contribution is 5.83. The van der Waals surface area contributed by atoms with Crippen molar-refractivity contribution in [2.24, 2.45) is 29.1 Å². The van der Waals surface area contributed by atoms with Crippen molar-refractivity contribution >= 4 is 5.78 Å². The summed E-state index contributed by atoms with van der Waals surface area (Å²) in [7, 11) is 0. The highest BCUT2D eigenvalue weighted by Crippen LogP contribution is 2.57. The van der Waals surface area contributed by atoms with Crippen LogP contribution in [0.4, 0.5) is 0 Å². The fourth-order valence-corrected chi connectivity index (χ4v) is 4.81. The van der Waals surface area contributed by atoms with Gasteiger partial charge in [0.1, 0.15) is 5.78 Å². The average Bonchev–Trinajstić information content (AvgIpc) is 2.55. The predicted molar refractivity (Wildman–Crippen MR) is 71.8 cm³/mol. The van der Waals surface area contributed by atoms with Crippen molar-refractivity contribution in [3.05, 3.63) is 0 Å². The molecule has 0 aromatic rings. The fraction of sp³-hybridized carbons (Fsp3) is 0.938. The molecule has 0 bridgehead atoms. The van der Waals surface area contributed by atoms with Gasteiger partial charge in [-0.3, -0.25) is 4.79 Å². The van der Waals surface area contributed by atoms with Crippen LogP contribution < -0.4 is 0 Å². The van der Waals surface area contributed by atoms with E-state index in [0.717, 1.165) is 30.6 Å². The van der Waals surface area contributed by atoms with Gasteiger partial charge < -0.3 is 0 Å². The molecule has 0 aromatic carbocycles. The Hall–Kier alpha value is -0.330. The van der Waals surface area contributed by atoms with Crippen LogP contribution in [0.15, 0.2) is 0 Å². The number of carbonyl (C=O) groups is 1. The topological polar surface area (TPSA) is 17.1 Å². The zero-order valence-corrected chi connectivity index (χ0v) is 12.0. The van der Waals surface area contributed by atoms with Crippen LogP contribution >= 0.6 is 0 Å². The molecular weight excluding hydrogens is 208 g/mol. The molecular formula is C16H28O. The molecule has 2 aliphatic carbocycles. The molecule has 0 N–H and O–H groups in total. The number of hydrogen-bond acceptors (Lipinski definition) is 1. The second-order valence-corrected chi connectivity index (χ2v) is 7.17. The number of hydrogen-bond donors (Lipinski definition) is 0. The number of carbonyl (C=O) groups excluding carboxylic acids is 1. The molecule has 2 saturated carbocycles. The molecule has 0 radical (unpaired) electrons. The van der Waals surface area contributed by atoms with E-state index in [1.54, 1.807) is 0 Å². The Balaban J connectivity index is 2.12. The van der Waals surface area contributed by atoms with Crippen molar-refractivity contribution in [2.75, 3.05) is 0 Å². The van der Waals surface area contributed by atoms with Gasteiger partial charge in [-0.25, -0.2) is 0 Å². The van der Waals surface area contributed by atoms with Gasteiger partial charge in [-0.05, 0) is 55.3 Å². The lowest BCUT2D eigenvalue weighted by atomic mass is 9.61. The van der Waals surface area contributed by atoms with E-state index in [1.807, 2.05) is 0 Å². The van der Waals surface area contributed by atoms with Gasteiger partial charge >= 0.3 is 0 Å². The second kappa shape index (κ2) is 4.74. The monoisotopic (exact) mass is 236 g/mol. The third kappa shape index (κ3) is 2.30. The third-order valence-electron chi connectivity index (χ3n) is 5.47. The van der Waals surface area contributed by atoms with Gasteiger partial charge in [0.05, 0.1) is 0 Å². The second-order valence-electron chi connectivity index (χ2n) is 7.17. The van der Waals surface area contributed by atoms with Gasteiger partial charge in [0.2, 0.25) is 0 Å². The first-order chi connectivity index (χ1) is 7.95. The zero-order chi connectivity index (χ0) is 12.6. The molecule has 1 nitrogen and oxygen atoms in total. The maximum absolute atomic E-state index is 12.1. The number of Topliss-reactive ketones (excluding diaryl/α,β-unsaturated/α-hetero) is 1. The molecule has 0 spiro atoms. The summed E-state index contributed by atoms with van der Waals surface area (Å²) in [4.78, 5) is 12.1. The SMILES string of the molecule is CC(C)CC(C)C1CCC2C(=O)CCC[C@@]21C. The lowest BCUT2D eigenvalue weighted by Crippen LogP contribution is -2.39. The first kappa shape index (κ1) is 13.1. The molecule has 98 valence electrons. The molecule has 0 amide bonds. The lowest BCUT2D eigenvalue weighted by Gasteiger charge is -2.42. The van der Waals surface area contributed by atoms with Crippen LogP contribution in [-0.4, -0.2) is 5.78 Å². The van der Waals surface area contributed by atoms with Crippen molar-refractivity contribution in [3.63, 3.8) is 0 Å². The predicted octanol–water partition coefficient (Wildman–Crippen LogP) is 4.45. The smallest absolute Gasteiger partial charge is 0.136 e. The molecule has 0 aromatic heterocycles. The van der Waals surface area contributed by atoms with Crippen LogP contribution in [0.3, 0.4) is 0 Å². The van der Waals surface area contributed by atoms with Crippen LogP contribution in [0.5, 0.6) is 0 Å². The zero-order valence-electron chi connectivity index (χ0n) is 12.0. The van der Waals surface area contributed by atoms with E-state index in [1.165, 1.54) is 25.7 Å². The van der Waals surface area contributed by atoms with Crippen molar-refractivity contribution < 1.29 is 4.79 Å². The average molecular weight is 236 g/mol. The van der Waals surface area contributed by atoms with Gasteiger partial charge in [0, 0.05) is 12.3 Å². The van der Waals surface area contributed by atoms with Crippen molar-refractivity contribution in [1.29, 1.82) is 0 Å². The summed E-state index contributed by atoms with van der Waals surface area (Å²) in [5.41, 5.74) is 0.337. The van der Waals surface area contributed by atoms with Crippen LogP contribution in [-0.2, 0) is 4.79 Å². The highest BCUT2D eigenvalue weighted by atomic mass is 16.1. The van der Waals surface area contributed by atoms with Crippen LogP contribution in [0, 0.1) is 29.1 Å². The van der Waals surface area contributed by atoms with Crippen LogP contribution in [0.1, 0.15) is 66.2 Å². The summed E-state index contributed by atoms with van der Waals surface area (Å²) in [6.07, 6.45) is 7.06. The van der Waals surface area contributed by atoms with E-state index in [2.05, 4.69) is 27.7 Å². The molecule has 4 atom stereocenters. The van der Waals surface area contributed by atoms with E-state index in [-0.39, 0.29) is 0 Å². The van der Waals surface area contributed by atoms with E-state index < -0.39 is 0 Å². The summed E-state index contributed by atoms with van der Waals surface area (Å²) in [6.45, 7) is 9.45. The quantitative estimate of drug-likeness (QED) is 0.707. The molecule has 2 rings (SSSR count). The Morgan fingerprint density at radius 1 is 1.29 bits per heavy atom. The maximum Gasteiger partial charge on any atom is 0.136 e. The van der Waals surface area contributed by atoms with E-state index in [4.69, 9.17) is 0 Å². The summed E-state index contributed by atoms with van der Waals surface area (Å²) in [5.74, 6) is 3.33.